The number of allylic oxidation sites excluding steroid dienone is 8. The quantitative estimate of drug-likeness (QED) is 0.0250. The number of rotatable bonds is 17. The number of unbranched alkanes of at least 4 members (excludes halogenated alkanes) is 2. The van der Waals surface area contributed by atoms with E-state index in [0.29, 0.717) is 43.0 Å². The lowest BCUT2D eigenvalue weighted by Gasteiger charge is -2.27. The summed E-state index contributed by atoms with van der Waals surface area (Å²) < 4.78 is 70.5. The van der Waals surface area contributed by atoms with Gasteiger partial charge in [-0.1, -0.05) is 117 Å². The van der Waals surface area contributed by atoms with E-state index in [1.807, 2.05) is 48.5 Å². The number of nitrogens with zero attached hydrogens (tertiary/aromatic N) is 3. The highest BCUT2D eigenvalue weighted by molar-refractivity contribution is 7.94. The molecule has 0 bridgehead atoms. The second kappa shape index (κ2) is 19.5. The molecular formula is C49H54N3O8S3-. The first-order chi connectivity index (χ1) is 30.2. The summed E-state index contributed by atoms with van der Waals surface area (Å²) in [5.41, 5.74) is 8.59. The number of sulfonamides is 1. The molecule has 0 atom stereocenters. The summed E-state index contributed by atoms with van der Waals surface area (Å²) in [5, 5.41) is 13.8. The van der Waals surface area contributed by atoms with E-state index in [4.69, 9.17) is 0 Å². The van der Waals surface area contributed by atoms with Gasteiger partial charge in [-0.25, -0.2) is 8.42 Å². The molecule has 11 nitrogen and oxygen atoms in total. The van der Waals surface area contributed by atoms with Crippen LogP contribution in [0.1, 0.15) is 77.3 Å². The molecule has 1 aliphatic carbocycles. The van der Waals surface area contributed by atoms with E-state index >= 15 is 8.42 Å². The van der Waals surface area contributed by atoms with Gasteiger partial charge in [-0.05, 0) is 86.1 Å². The average molecular weight is 909 g/mol. The zero-order valence-electron chi connectivity index (χ0n) is 36.1. The lowest BCUT2D eigenvalue weighted by atomic mass is 9.83. The highest BCUT2D eigenvalue weighted by Crippen LogP contribution is 2.49. The Labute approximate surface area is 376 Å². The number of para-hydroxylation sites is 3. The topological polar surface area (TPSA) is 142 Å². The van der Waals surface area contributed by atoms with E-state index in [1.54, 1.807) is 30.3 Å². The number of fused-ring (bicyclic) bond motifs is 2. The first-order valence-corrected chi connectivity index (χ1v) is 25.2. The lowest BCUT2D eigenvalue weighted by Crippen LogP contribution is -2.28. The summed E-state index contributed by atoms with van der Waals surface area (Å²) in [7, 11) is -8.48. The highest BCUT2D eigenvalue weighted by Gasteiger charge is 2.43. The maximum absolute atomic E-state index is 15.1. The minimum absolute atomic E-state index is 0.172. The molecule has 0 amide bonds. The maximum Gasteiger partial charge on any atom is 0.400 e. The van der Waals surface area contributed by atoms with Gasteiger partial charge in [-0.15, -0.1) is 0 Å². The Hall–Kier alpha value is -4.80. The summed E-state index contributed by atoms with van der Waals surface area (Å²) in [4.78, 5) is 4.72. The third kappa shape index (κ3) is 9.97. The van der Waals surface area contributed by atoms with Crippen molar-refractivity contribution < 1.29 is 40.0 Å². The Morgan fingerprint density at radius 3 is 1.63 bits per heavy atom. The van der Waals surface area contributed by atoms with Crippen LogP contribution in [0.25, 0.3) is 0 Å². The van der Waals surface area contributed by atoms with Crippen LogP contribution >= 0.6 is 12.0 Å². The molecule has 0 saturated heterocycles. The molecule has 0 aromatic heterocycles. The van der Waals surface area contributed by atoms with Crippen molar-refractivity contribution in [2.24, 2.45) is 0 Å². The summed E-state index contributed by atoms with van der Waals surface area (Å²) in [6.45, 7) is 9.98. The number of anilines is 2. The third-order valence-electron chi connectivity index (χ3n) is 12.2. The van der Waals surface area contributed by atoms with E-state index in [2.05, 4.69) is 102 Å². The largest absolute Gasteiger partial charge is 0.748 e. The zero-order valence-corrected chi connectivity index (χ0v) is 38.6. The number of benzene rings is 4. The van der Waals surface area contributed by atoms with Crippen LogP contribution in [0.5, 0.6) is 0 Å². The molecule has 0 radical (unpaired) electrons. The van der Waals surface area contributed by atoms with E-state index in [0.717, 1.165) is 70.9 Å². The molecule has 1 saturated carbocycles. The summed E-state index contributed by atoms with van der Waals surface area (Å²) in [6.07, 6.45) is 11.9. The van der Waals surface area contributed by atoms with Crippen molar-refractivity contribution in [3.05, 3.63) is 167 Å². The van der Waals surface area contributed by atoms with Crippen LogP contribution in [0, 0.1) is 0 Å². The van der Waals surface area contributed by atoms with Crippen LogP contribution in [0.2, 0.25) is 0 Å². The molecule has 7 rings (SSSR count). The first kappa shape index (κ1) is 46.2. The molecule has 2 heterocycles. The van der Waals surface area contributed by atoms with Crippen LogP contribution in [-0.2, 0) is 40.3 Å². The molecule has 2 aliphatic heterocycles. The number of hydrogen-bond donors (Lipinski definition) is 0. The summed E-state index contributed by atoms with van der Waals surface area (Å²) >= 11 is 0.988. The minimum atomic E-state index is -4.33. The molecule has 0 unspecified atom stereocenters. The van der Waals surface area contributed by atoms with E-state index < -0.39 is 31.3 Å². The molecule has 332 valence electrons. The SMILES string of the molecule is CC1(C)/C(=C\C=C2CCC(=C\C=C3\N(CCCCS(=O)(=O)[O-])c4ccccc4C3(C)C)/C2=[N+](/c2ccccc2)S(=O)(=O)c2ccccc2)N(CCCCSOO[O-])c2ccccc21. The fourth-order valence-electron chi connectivity index (χ4n) is 9.10. The van der Waals surface area contributed by atoms with Crippen LogP contribution in [-0.4, -0.2) is 55.7 Å². The second-order valence-corrected chi connectivity index (χ2v) is 21.1. The summed E-state index contributed by atoms with van der Waals surface area (Å²) in [6, 6.07) is 34.3. The molecule has 4 aromatic carbocycles. The van der Waals surface area contributed by atoms with Gasteiger partial charge >= 0.3 is 10.0 Å². The standard InChI is InChI=1S/C49H55N3O8S3/c1-48(2)41-23-11-13-25-43(41)50(33-15-17-35-61-60-59-53)45(48)31-29-37-27-28-38(47(37)52(39-19-7-5-8-20-39)63(57,58)40-21-9-6-10-22-40)30-32-46-49(3,4)42-24-12-14-26-44(42)51(46)34-16-18-36-62(54,55)56/h5-14,19-26,29-32H,15-18,27-28,33-36H2,1-4H3,(H-,53,54,55,56)/p-1. The Morgan fingerprint density at radius 1 is 0.651 bits per heavy atom. The maximum atomic E-state index is 15.1. The fourth-order valence-corrected chi connectivity index (χ4v) is 11.7. The van der Waals surface area contributed by atoms with Crippen molar-refractivity contribution in [3.8, 4) is 0 Å². The van der Waals surface area contributed by atoms with Gasteiger partial charge < -0.3 is 19.6 Å². The Bertz CT molecular complexity index is 2670. The van der Waals surface area contributed by atoms with Crippen molar-refractivity contribution in [2.45, 2.75) is 81.9 Å². The molecule has 3 aliphatic rings. The normalized spacial score (nSPS) is 20.3. The van der Waals surface area contributed by atoms with Gasteiger partial charge in [0.25, 0.3) is 0 Å². The predicted molar refractivity (Wildman–Crippen MR) is 248 cm³/mol. The third-order valence-corrected chi connectivity index (χ3v) is 15.3. The highest BCUT2D eigenvalue weighted by atomic mass is 32.2. The van der Waals surface area contributed by atoms with Crippen LogP contribution in [0.3, 0.4) is 0 Å². The van der Waals surface area contributed by atoms with Gasteiger partial charge in [0.2, 0.25) is 11.4 Å². The Kier molecular flexibility index (Phi) is 14.3. The van der Waals surface area contributed by atoms with Crippen molar-refractivity contribution in [3.63, 3.8) is 0 Å². The fraction of sp³-hybridized carbons (Fsp3) is 0.327. The molecule has 0 N–H and O–H groups in total. The molecular weight excluding hydrogens is 855 g/mol. The van der Waals surface area contributed by atoms with E-state index in [1.165, 1.54) is 9.54 Å². The van der Waals surface area contributed by atoms with Crippen LogP contribution in [0.4, 0.5) is 17.1 Å². The smallest absolute Gasteiger partial charge is 0.400 e. The van der Waals surface area contributed by atoms with Gasteiger partial charge in [0.1, 0.15) is 4.90 Å². The lowest BCUT2D eigenvalue weighted by molar-refractivity contribution is -0.777. The molecule has 1 fully saturated rings. The van der Waals surface area contributed by atoms with Crippen molar-refractivity contribution >= 4 is 55.0 Å². The van der Waals surface area contributed by atoms with Crippen LogP contribution < -0.4 is 15.1 Å². The zero-order chi connectivity index (χ0) is 44.8. The Balaban J connectivity index is 1.38. The minimum Gasteiger partial charge on any atom is -0.748 e. The van der Waals surface area contributed by atoms with Crippen molar-refractivity contribution in [1.29, 1.82) is 0 Å². The monoisotopic (exact) mass is 908 g/mol. The summed E-state index contributed by atoms with van der Waals surface area (Å²) in [5.74, 6) is 0.185. The van der Waals surface area contributed by atoms with Gasteiger partial charge in [0, 0.05) is 93.5 Å². The van der Waals surface area contributed by atoms with E-state index in [-0.39, 0.29) is 16.7 Å². The number of hydrogen-bond acceptors (Lipinski definition) is 11. The molecule has 14 heteroatoms. The Morgan fingerprint density at radius 2 is 1.13 bits per heavy atom. The molecule has 0 spiro atoms. The second-order valence-electron chi connectivity index (χ2n) is 17.0. The van der Waals surface area contributed by atoms with Gasteiger partial charge in [-0.2, -0.15) is 12.8 Å². The van der Waals surface area contributed by atoms with Crippen LogP contribution in [0.15, 0.2) is 161 Å². The molecule has 63 heavy (non-hydrogen) atoms. The van der Waals surface area contributed by atoms with E-state index in [9.17, 15) is 18.2 Å². The van der Waals surface area contributed by atoms with Crippen molar-refractivity contribution in [1.82, 2.24) is 0 Å². The average Bonchev–Trinajstić information content (AvgIpc) is 3.83. The molecule has 4 aromatic rings. The van der Waals surface area contributed by atoms with Gasteiger partial charge in [0.15, 0.2) is 0 Å². The predicted octanol–water partition coefficient (Wildman–Crippen LogP) is 9.15. The first-order valence-electron chi connectivity index (χ1n) is 21.3. The van der Waals surface area contributed by atoms with Gasteiger partial charge in [-0.3, -0.25) is 5.04 Å². The van der Waals surface area contributed by atoms with Gasteiger partial charge in [0.05, 0.1) is 10.1 Å². The van der Waals surface area contributed by atoms with Crippen molar-refractivity contribution in [2.75, 3.05) is 34.4 Å².